The highest BCUT2D eigenvalue weighted by Crippen LogP contribution is 2.51. The number of carbonyl (C=O) groups is 1. The van der Waals surface area contributed by atoms with Gasteiger partial charge in [0, 0.05) is 44.9 Å². The first-order chi connectivity index (χ1) is 14.2. The first-order valence-corrected chi connectivity index (χ1v) is 9.88. The number of hydrogen-bond donors (Lipinski definition) is 1. The third kappa shape index (κ3) is 2.31. The van der Waals surface area contributed by atoms with E-state index in [9.17, 15) is 4.79 Å². The van der Waals surface area contributed by atoms with E-state index in [4.69, 9.17) is 11.6 Å². The second-order valence-corrected chi connectivity index (χ2v) is 7.81. The maximum absolute atomic E-state index is 13.5. The van der Waals surface area contributed by atoms with Crippen molar-refractivity contribution < 1.29 is 4.79 Å². The van der Waals surface area contributed by atoms with Crippen molar-refractivity contribution in [1.82, 2.24) is 4.98 Å². The molecule has 1 unspecified atom stereocenters. The van der Waals surface area contributed by atoms with Crippen molar-refractivity contribution in [3.8, 4) is 0 Å². The van der Waals surface area contributed by atoms with Crippen LogP contribution >= 0.6 is 11.6 Å². The van der Waals surface area contributed by atoms with Crippen LogP contribution in [0, 0.1) is 0 Å². The smallest absolute Gasteiger partial charge is 0.192 e. The van der Waals surface area contributed by atoms with Crippen LogP contribution in [0.15, 0.2) is 84.6 Å². The first kappa shape index (κ1) is 16.5. The van der Waals surface area contributed by atoms with Gasteiger partial charge in [0.25, 0.3) is 0 Å². The van der Waals surface area contributed by atoms with Crippen molar-refractivity contribution in [2.24, 2.45) is 0 Å². The molecule has 0 amide bonds. The summed E-state index contributed by atoms with van der Waals surface area (Å²) in [4.78, 5) is 18.0. The van der Waals surface area contributed by atoms with E-state index in [1.54, 1.807) is 6.20 Å². The Morgan fingerprint density at radius 1 is 0.862 bits per heavy atom. The third-order valence-corrected chi connectivity index (χ3v) is 6.07. The Morgan fingerprint density at radius 2 is 1.66 bits per heavy atom. The number of Topliss-reactive ketones (excluding diaryl/α,β-unsaturated/α-hetero) is 1. The SMILES string of the molecule is O=C1C2=C(Nc3ccc4ncccc4c3C2c2ccc(Cl)cc2)c2ccccc21. The topological polar surface area (TPSA) is 42.0 Å². The lowest BCUT2D eigenvalue weighted by atomic mass is 9.78. The lowest BCUT2D eigenvalue weighted by Gasteiger charge is -2.30. The molecule has 6 rings (SSSR count). The zero-order valence-corrected chi connectivity index (χ0v) is 16.1. The van der Waals surface area contributed by atoms with Gasteiger partial charge < -0.3 is 5.32 Å². The highest BCUT2D eigenvalue weighted by atomic mass is 35.5. The van der Waals surface area contributed by atoms with Crippen molar-refractivity contribution in [2.75, 3.05) is 5.32 Å². The molecule has 1 atom stereocenters. The van der Waals surface area contributed by atoms with Crippen molar-refractivity contribution in [3.05, 3.63) is 112 Å². The van der Waals surface area contributed by atoms with Crippen LogP contribution < -0.4 is 5.32 Å². The van der Waals surface area contributed by atoms with Gasteiger partial charge in [-0.1, -0.05) is 54.1 Å². The van der Waals surface area contributed by atoms with Crippen LogP contribution in [0.4, 0.5) is 5.69 Å². The van der Waals surface area contributed by atoms with Crippen LogP contribution in [-0.2, 0) is 0 Å². The molecule has 1 aromatic heterocycles. The molecule has 138 valence electrons. The third-order valence-electron chi connectivity index (χ3n) is 5.82. The minimum absolute atomic E-state index is 0.0783. The van der Waals surface area contributed by atoms with E-state index in [1.807, 2.05) is 60.7 Å². The Labute approximate surface area is 172 Å². The lowest BCUT2D eigenvalue weighted by molar-refractivity contribution is 0.103. The summed E-state index contributed by atoms with van der Waals surface area (Å²) < 4.78 is 0. The summed E-state index contributed by atoms with van der Waals surface area (Å²) in [6.07, 6.45) is 1.80. The zero-order chi connectivity index (χ0) is 19.5. The predicted molar refractivity (Wildman–Crippen MR) is 116 cm³/mol. The molecule has 0 fully saturated rings. The normalized spacial score (nSPS) is 17.0. The summed E-state index contributed by atoms with van der Waals surface area (Å²) in [7, 11) is 0. The van der Waals surface area contributed by atoms with Gasteiger partial charge >= 0.3 is 0 Å². The largest absolute Gasteiger partial charge is 0.354 e. The van der Waals surface area contributed by atoms with Crippen LogP contribution in [-0.4, -0.2) is 10.8 Å². The zero-order valence-electron chi connectivity index (χ0n) is 15.3. The van der Waals surface area contributed by atoms with Crippen molar-refractivity contribution in [2.45, 2.75) is 5.92 Å². The molecule has 3 aromatic carbocycles. The fourth-order valence-corrected chi connectivity index (χ4v) is 4.70. The van der Waals surface area contributed by atoms with Gasteiger partial charge in [-0.05, 0) is 41.5 Å². The monoisotopic (exact) mass is 394 g/mol. The summed E-state index contributed by atoms with van der Waals surface area (Å²) in [5.74, 6) is -0.110. The van der Waals surface area contributed by atoms with E-state index >= 15 is 0 Å². The maximum atomic E-state index is 13.5. The number of pyridine rings is 1. The molecule has 2 aliphatic rings. The molecule has 4 aromatic rings. The molecular weight excluding hydrogens is 380 g/mol. The van der Waals surface area contributed by atoms with Gasteiger partial charge in [0.2, 0.25) is 0 Å². The standard InChI is InChI=1S/C25H15ClN2O/c26-15-9-7-14(8-10-15)21-22-18-6-3-13-27-19(18)11-12-20(22)28-24-16-4-1-2-5-17(16)25(29)23(21)24/h1-13,21,28H. The molecule has 1 aliphatic heterocycles. The van der Waals surface area contributed by atoms with Crippen molar-refractivity contribution >= 4 is 39.7 Å². The van der Waals surface area contributed by atoms with Crippen molar-refractivity contribution in [3.63, 3.8) is 0 Å². The van der Waals surface area contributed by atoms with Gasteiger partial charge in [-0.2, -0.15) is 0 Å². The Balaban J connectivity index is 1.69. The highest BCUT2D eigenvalue weighted by Gasteiger charge is 2.40. The number of anilines is 1. The molecule has 29 heavy (non-hydrogen) atoms. The van der Waals surface area contributed by atoms with Crippen LogP contribution in [0.3, 0.4) is 0 Å². The molecule has 2 heterocycles. The van der Waals surface area contributed by atoms with E-state index < -0.39 is 0 Å². The number of aromatic nitrogens is 1. The van der Waals surface area contributed by atoms with E-state index in [-0.39, 0.29) is 11.7 Å². The number of nitrogens with zero attached hydrogens (tertiary/aromatic N) is 1. The molecule has 4 heteroatoms. The molecule has 0 saturated heterocycles. The fourth-order valence-electron chi connectivity index (χ4n) is 4.58. The number of rotatable bonds is 1. The summed E-state index contributed by atoms with van der Waals surface area (Å²) in [6, 6.07) is 23.7. The number of ketones is 1. The summed E-state index contributed by atoms with van der Waals surface area (Å²) in [5.41, 5.74) is 7.45. The number of halogens is 1. The highest BCUT2D eigenvalue weighted by molar-refractivity contribution is 6.30. The average molecular weight is 395 g/mol. The van der Waals surface area contributed by atoms with Gasteiger partial charge in [0.1, 0.15) is 0 Å². The second-order valence-electron chi connectivity index (χ2n) is 7.37. The van der Waals surface area contributed by atoms with Gasteiger partial charge in [-0.25, -0.2) is 0 Å². The number of fused-ring (bicyclic) bond motifs is 5. The molecule has 3 nitrogen and oxygen atoms in total. The predicted octanol–water partition coefficient (Wildman–Crippen LogP) is 6.05. The van der Waals surface area contributed by atoms with E-state index in [1.165, 1.54) is 0 Å². The minimum Gasteiger partial charge on any atom is -0.354 e. The molecular formula is C25H15ClN2O. The molecule has 0 radical (unpaired) electrons. The van der Waals surface area contributed by atoms with Gasteiger partial charge in [0.15, 0.2) is 5.78 Å². The number of hydrogen-bond acceptors (Lipinski definition) is 3. The summed E-state index contributed by atoms with van der Waals surface area (Å²) >= 11 is 6.16. The fraction of sp³-hybridized carbons (Fsp3) is 0.0400. The first-order valence-electron chi connectivity index (χ1n) is 9.51. The minimum atomic E-state index is -0.189. The van der Waals surface area contributed by atoms with E-state index in [0.29, 0.717) is 5.02 Å². The van der Waals surface area contributed by atoms with Crippen LogP contribution in [0.1, 0.15) is 33.0 Å². The van der Waals surface area contributed by atoms with Crippen LogP contribution in [0.25, 0.3) is 16.6 Å². The molecule has 1 aliphatic carbocycles. The molecule has 1 N–H and O–H groups in total. The Kier molecular flexibility index (Phi) is 3.44. The number of carbonyl (C=O) groups excluding carboxylic acids is 1. The van der Waals surface area contributed by atoms with E-state index in [2.05, 4.69) is 22.4 Å². The Morgan fingerprint density at radius 3 is 2.48 bits per heavy atom. The van der Waals surface area contributed by atoms with Crippen LogP contribution in [0.2, 0.25) is 5.02 Å². The maximum Gasteiger partial charge on any atom is 0.192 e. The average Bonchev–Trinajstić information content (AvgIpc) is 3.05. The lowest BCUT2D eigenvalue weighted by Crippen LogP contribution is -2.19. The Hall–Kier alpha value is -3.43. The van der Waals surface area contributed by atoms with Crippen LogP contribution in [0.5, 0.6) is 0 Å². The quantitative estimate of drug-likeness (QED) is 0.427. The number of benzene rings is 3. The van der Waals surface area contributed by atoms with Gasteiger partial charge in [-0.15, -0.1) is 0 Å². The van der Waals surface area contributed by atoms with Gasteiger partial charge in [0.05, 0.1) is 11.2 Å². The molecule has 0 spiro atoms. The summed E-state index contributed by atoms with van der Waals surface area (Å²) in [5, 5.41) is 5.28. The molecule has 0 saturated carbocycles. The number of allylic oxidation sites excluding steroid dienone is 1. The summed E-state index contributed by atoms with van der Waals surface area (Å²) in [6.45, 7) is 0. The number of nitrogens with one attached hydrogen (secondary N) is 1. The van der Waals surface area contributed by atoms with E-state index in [0.717, 1.165) is 50.1 Å². The molecule has 0 bridgehead atoms. The van der Waals surface area contributed by atoms with Gasteiger partial charge in [-0.3, -0.25) is 9.78 Å². The van der Waals surface area contributed by atoms with Crippen molar-refractivity contribution in [1.29, 1.82) is 0 Å². The Bertz CT molecular complexity index is 1360. The second kappa shape index (κ2) is 6.03.